The molecule has 2 aromatic heterocycles. The fraction of sp³-hybridized carbons (Fsp3) is 0.533. The predicted molar refractivity (Wildman–Crippen MR) is 81.8 cm³/mol. The van der Waals surface area contributed by atoms with Gasteiger partial charge in [0, 0.05) is 37.1 Å². The van der Waals surface area contributed by atoms with Crippen molar-refractivity contribution in [3.05, 3.63) is 30.7 Å². The summed E-state index contributed by atoms with van der Waals surface area (Å²) in [4.78, 5) is 8.84. The lowest BCUT2D eigenvalue weighted by Crippen LogP contribution is -2.32. The summed E-state index contributed by atoms with van der Waals surface area (Å²) >= 11 is 0. The average Bonchev–Trinajstić information content (AvgIpc) is 3.15. The van der Waals surface area contributed by atoms with Crippen LogP contribution in [0.25, 0.3) is 11.3 Å². The Bertz CT molecular complexity index is 565. The number of hydrogen-bond acceptors (Lipinski definition) is 5. The van der Waals surface area contributed by atoms with E-state index in [9.17, 15) is 0 Å². The first-order chi connectivity index (χ1) is 10.2. The van der Waals surface area contributed by atoms with Crippen molar-refractivity contribution in [1.82, 2.24) is 29.8 Å². The summed E-state index contributed by atoms with van der Waals surface area (Å²) in [6, 6.07) is 4.60. The first-order valence-corrected chi connectivity index (χ1v) is 7.41. The summed E-state index contributed by atoms with van der Waals surface area (Å²) in [6.45, 7) is 4.25. The zero-order valence-electron chi connectivity index (χ0n) is 12.7. The molecule has 2 aromatic rings. The smallest absolute Gasteiger partial charge is 0.113 e. The molecule has 0 N–H and O–H groups in total. The molecule has 1 unspecified atom stereocenters. The number of nitrogens with zero attached hydrogens (tertiary/aromatic N) is 6. The van der Waals surface area contributed by atoms with E-state index in [1.54, 1.807) is 12.4 Å². The lowest BCUT2D eigenvalue weighted by Gasteiger charge is -2.20. The molecule has 1 aliphatic heterocycles. The standard InChI is InChI=1S/C15H22N6/c1-19(2)14-5-8-20(11-14)9-10-21-12-15(17-18-21)13-3-6-16-7-4-13/h3-4,6-7,12,14H,5,8-11H2,1-2H3. The molecule has 3 heterocycles. The lowest BCUT2D eigenvalue weighted by atomic mass is 10.2. The molecule has 3 rings (SSSR count). The first-order valence-electron chi connectivity index (χ1n) is 7.41. The molecule has 0 amide bonds. The van der Waals surface area contributed by atoms with E-state index < -0.39 is 0 Å². The minimum Gasteiger partial charge on any atom is -0.305 e. The summed E-state index contributed by atoms with van der Waals surface area (Å²) in [5.41, 5.74) is 1.97. The minimum absolute atomic E-state index is 0.688. The topological polar surface area (TPSA) is 50.1 Å². The molecule has 0 aromatic carbocycles. The molecule has 1 atom stereocenters. The van der Waals surface area contributed by atoms with Gasteiger partial charge in [0.2, 0.25) is 0 Å². The highest BCUT2D eigenvalue weighted by atomic mass is 15.4. The third kappa shape index (κ3) is 3.46. The highest BCUT2D eigenvalue weighted by molar-refractivity contribution is 5.56. The number of aromatic nitrogens is 4. The molecule has 0 saturated carbocycles. The molecule has 1 saturated heterocycles. The van der Waals surface area contributed by atoms with Crippen LogP contribution in [0.2, 0.25) is 0 Å². The highest BCUT2D eigenvalue weighted by Crippen LogP contribution is 2.15. The number of likely N-dealkylation sites (N-methyl/N-ethyl adjacent to an activating group) is 1. The second kappa shape index (κ2) is 6.32. The third-order valence-electron chi connectivity index (χ3n) is 4.14. The summed E-state index contributed by atoms with van der Waals surface area (Å²) in [5.74, 6) is 0. The van der Waals surface area contributed by atoms with E-state index in [2.05, 4.69) is 39.2 Å². The number of rotatable bonds is 5. The normalized spacial score (nSPS) is 19.5. The van der Waals surface area contributed by atoms with E-state index in [1.165, 1.54) is 13.0 Å². The van der Waals surface area contributed by atoms with Crippen LogP contribution in [0.5, 0.6) is 0 Å². The second-order valence-electron chi connectivity index (χ2n) is 5.81. The van der Waals surface area contributed by atoms with Crippen molar-refractivity contribution < 1.29 is 0 Å². The van der Waals surface area contributed by atoms with Gasteiger partial charge in [0.1, 0.15) is 5.69 Å². The predicted octanol–water partition coefficient (Wildman–Crippen LogP) is 0.976. The Hall–Kier alpha value is -1.79. The van der Waals surface area contributed by atoms with Crippen LogP contribution in [0.1, 0.15) is 6.42 Å². The van der Waals surface area contributed by atoms with Crippen molar-refractivity contribution in [2.45, 2.75) is 19.0 Å². The van der Waals surface area contributed by atoms with Gasteiger partial charge in [-0.05, 0) is 39.2 Å². The van der Waals surface area contributed by atoms with Crippen molar-refractivity contribution in [3.8, 4) is 11.3 Å². The van der Waals surface area contributed by atoms with Gasteiger partial charge in [0.15, 0.2) is 0 Å². The van der Waals surface area contributed by atoms with Gasteiger partial charge in [-0.25, -0.2) is 0 Å². The fourth-order valence-electron chi connectivity index (χ4n) is 2.74. The second-order valence-corrected chi connectivity index (χ2v) is 5.81. The van der Waals surface area contributed by atoms with Gasteiger partial charge in [0.05, 0.1) is 12.7 Å². The maximum Gasteiger partial charge on any atom is 0.113 e. The van der Waals surface area contributed by atoms with E-state index in [0.717, 1.165) is 30.9 Å². The van der Waals surface area contributed by atoms with Crippen LogP contribution in [-0.2, 0) is 6.54 Å². The molecule has 0 aliphatic carbocycles. The number of likely N-dealkylation sites (tertiary alicyclic amines) is 1. The summed E-state index contributed by atoms with van der Waals surface area (Å²) < 4.78 is 1.93. The maximum atomic E-state index is 4.23. The van der Waals surface area contributed by atoms with Gasteiger partial charge in [-0.15, -0.1) is 5.10 Å². The Kier molecular flexibility index (Phi) is 4.26. The summed E-state index contributed by atoms with van der Waals surface area (Å²) in [6.07, 6.45) is 6.82. The molecule has 1 aliphatic rings. The third-order valence-corrected chi connectivity index (χ3v) is 4.14. The highest BCUT2D eigenvalue weighted by Gasteiger charge is 2.23. The van der Waals surface area contributed by atoms with Crippen molar-refractivity contribution in [2.24, 2.45) is 0 Å². The van der Waals surface area contributed by atoms with Gasteiger partial charge in [-0.2, -0.15) is 0 Å². The van der Waals surface area contributed by atoms with Crippen LogP contribution >= 0.6 is 0 Å². The van der Waals surface area contributed by atoms with E-state index in [1.807, 2.05) is 23.0 Å². The molecule has 6 heteroatoms. The van der Waals surface area contributed by atoms with Crippen LogP contribution < -0.4 is 0 Å². The van der Waals surface area contributed by atoms with E-state index in [4.69, 9.17) is 0 Å². The molecule has 21 heavy (non-hydrogen) atoms. The van der Waals surface area contributed by atoms with Crippen LogP contribution in [0.3, 0.4) is 0 Å². The zero-order chi connectivity index (χ0) is 14.7. The van der Waals surface area contributed by atoms with Gasteiger partial charge in [-0.3, -0.25) is 14.6 Å². The Morgan fingerprint density at radius 1 is 1.24 bits per heavy atom. The maximum absolute atomic E-state index is 4.23. The quantitative estimate of drug-likeness (QED) is 0.820. The van der Waals surface area contributed by atoms with Gasteiger partial charge < -0.3 is 4.90 Å². The van der Waals surface area contributed by atoms with Crippen molar-refractivity contribution in [1.29, 1.82) is 0 Å². The van der Waals surface area contributed by atoms with Crippen LogP contribution in [0.4, 0.5) is 0 Å². The fourth-order valence-corrected chi connectivity index (χ4v) is 2.74. The molecular formula is C15H22N6. The molecule has 112 valence electrons. The van der Waals surface area contributed by atoms with Crippen LogP contribution in [-0.4, -0.2) is 69.5 Å². The molecule has 1 fully saturated rings. The summed E-state index contributed by atoms with van der Waals surface area (Å²) in [7, 11) is 4.32. The largest absolute Gasteiger partial charge is 0.305 e. The SMILES string of the molecule is CN(C)C1CCN(CCn2cc(-c3ccncc3)nn2)C1. The van der Waals surface area contributed by atoms with E-state index in [0.29, 0.717) is 6.04 Å². The number of hydrogen-bond donors (Lipinski definition) is 0. The average molecular weight is 286 g/mol. The molecule has 6 nitrogen and oxygen atoms in total. The lowest BCUT2D eigenvalue weighted by molar-refractivity contribution is 0.260. The molecular weight excluding hydrogens is 264 g/mol. The molecule has 0 spiro atoms. The van der Waals surface area contributed by atoms with Crippen molar-refractivity contribution >= 4 is 0 Å². The first kappa shape index (κ1) is 14.2. The Balaban J connectivity index is 1.54. The molecule has 0 radical (unpaired) electrons. The van der Waals surface area contributed by atoms with Crippen molar-refractivity contribution in [3.63, 3.8) is 0 Å². The van der Waals surface area contributed by atoms with Gasteiger partial charge in [0.25, 0.3) is 0 Å². The van der Waals surface area contributed by atoms with Crippen molar-refractivity contribution in [2.75, 3.05) is 33.7 Å². The van der Waals surface area contributed by atoms with Gasteiger partial charge >= 0.3 is 0 Å². The van der Waals surface area contributed by atoms with E-state index >= 15 is 0 Å². The minimum atomic E-state index is 0.688. The molecule has 0 bridgehead atoms. The number of pyridine rings is 1. The zero-order valence-corrected chi connectivity index (χ0v) is 12.7. The summed E-state index contributed by atoms with van der Waals surface area (Å²) in [5, 5.41) is 8.45. The van der Waals surface area contributed by atoms with Crippen LogP contribution in [0.15, 0.2) is 30.7 Å². The van der Waals surface area contributed by atoms with Gasteiger partial charge in [-0.1, -0.05) is 5.21 Å². The van der Waals surface area contributed by atoms with Crippen LogP contribution in [0, 0.1) is 0 Å². The Labute approximate surface area is 125 Å². The Morgan fingerprint density at radius 3 is 2.76 bits per heavy atom. The Morgan fingerprint density at radius 2 is 2.05 bits per heavy atom. The van der Waals surface area contributed by atoms with E-state index in [-0.39, 0.29) is 0 Å². The monoisotopic (exact) mass is 286 g/mol.